The number of likely N-dealkylation sites (tertiary alicyclic amines) is 1. The normalized spacial score (nSPS) is 20.2. The van der Waals surface area contributed by atoms with E-state index in [0.717, 1.165) is 30.6 Å². The maximum absolute atomic E-state index is 13.7. The van der Waals surface area contributed by atoms with Gasteiger partial charge in [0.25, 0.3) is 11.8 Å². The Kier molecular flexibility index (Phi) is 11.9. The first kappa shape index (κ1) is 36.0. The van der Waals surface area contributed by atoms with Crippen LogP contribution in [0.1, 0.15) is 63.2 Å². The summed E-state index contributed by atoms with van der Waals surface area (Å²) in [5.41, 5.74) is 0.822. The van der Waals surface area contributed by atoms with Crippen molar-refractivity contribution in [2.45, 2.75) is 70.4 Å². The number of hydrogen-bond donors (Lipinski definition) is 3. The van der Waals surface area contributed by atoms with Gasteiger partial charge in [-0.05, 0) is 76.1 Å². The lowest BCUT2D eigenvalue weighted by Crippen LogP contribution is -2.43. The smallest absolute Gasteiger partial charge is 0.407 e. The van der Waals surface area contributed by atoms with Crippen LogP contribution in [0.3, 0.4) is 0 Å². The summed E-state index contributed by atoms with van der Waals surface area (Å²) in [6.45, 7) is 5.17. The highest BCUT2D eigenvalue weighted by atomic mass is 19.3. The highest BCUT2D eigenvalue weighted by Crippen LogP contribution is 2.32. The maximum Gasteiger partial charge on any atom is 0.407 e. The quantitative estimate of drug-likeness (QED) is 0.302. The zero-order valence-corrected chi connectivity index (χ0v) is 27.4. The molecule has 1 aliphatic carbocycles. The van der Waals surface area contributed by atoms with Gasteiger partial charge in [-0.2, -0.15) is 5.26 Å². The van der Waals surface area contributed by atoms with Crippen LogP contribution in [0.4, 0.5) is 13.6 Å². The van der Waals surface area contributed by atoms with Crippen molar-refractivity contribution in [3.63, 3.8) is 0 Å². The van der Waals surface area contributed by atoms with Crippen molar-refractivity contribution in [1.29, 1.82) is 5.26 Å². The number of nitrogens with one attached hydrogen (secondary N) is 3. The number of nitrogens with zero attached hydrogens (tertiary/aromatic N) is 3. The third kappa shape index (κ3) is 10.4. The number of carbonyl (C=O) groups is 4. The first-order valence-corrected chi connectivity index (χ1v) is 16.0. The molecule has 1 aliphatic heterocycles. The van der Waals surface area contributed by atoms with E-state index in [1.54, 1.807) is 30.3 Å². The van der Waals surface area contributed by atoms with E-state index in [9.17, 15) is 28.0 Å². The van der Waals surface area contributed by atoms with E-state index in [2.05, 4.69) is 20.9 Å². The number of alkyl carbamates (subject to hydrolysis) is 1. The number of amides is 4. The molecule has 258 valence electrons. The van der Waals surface area contributed by atoms with Crippen LogP contribution in [0.15, 0.2) is 42.7 Å². The minimum atomic E-state index is -3.15. The third-order valence-electron chi connectivity index (χ3n) is 8.19. The predicted molar refractivity (Wildman–Crippen MR) is 171 cm³/mol. The fourth-order valence-electron chi connectivity index (χ4n) is 5.76. The van der Waals surface area contributed by atoms with E-state index in [-0.39, 0.29) is 24.0 Å². The minimum absolute atomic E-state index is 0.0140. The first-order chi connectivity index (χ1) is 22.7. The summed E-state index contributed by atoms with van der Waals surface area (Å²) < 4.78 is 38.5. The molecule has 12 nitrogen and oxygen atoms in total. The zero-order chi connectivity index (χ0) is 34.9. The number of benzene rings is 1. The topological polar surface area (TPSA) is 163 Å². The molecule has 0 unspecified atom stereocenters. The number of halogens is 2. The van der Waals surface area contributed by atoms with Crippen molar-refractivity contribution in [3.8, 4) is 22.9 Å². The van der Waals surface area contributed by atoms with Crippen LogP contribution in [0.2, 0.25) is 0 Å². The van der Waals surface area contributed by atoms with Gasteiger partial charge in [0.2, 0.25) is 11.8 Å². The zero-order valence-electron chi connectivity index (χ0n) is 27.4. The van der Waals surface area contributed by atoms with Gasteiger partial charge in [0, 0.05) is 36.8 Å². The van der Waals surface area contributed by atoms with E-state index in [4.69, 9.17) is 14.7 Å². The van der Waals surface area contributed by atoms with Gasteiger partial charge >= 0.3 is 6.09 Å². The Bertz CT molecular complexity index is 1500. The van der Waals surface area contributed by atoms with Crippen LogP contribution in [0.5, 0.6) is 5.75 Å². The Morgan fingerprint density at radius 1 is 1.04 bits per heavy atom. The van der Waals surface area contributed by atoms with E-state index < -0.39 is 55.0 Å². The summed E-state index contributed by atoms with van der Waals surface area (Å²) >= 11 is 0. The van der Waals surface area contributed by atoms with Crippen LogP contribution < -0.4 is 20.7 Å². The Morgan fingerprint density at radius 2 is 1.75 bits per heavy atom. The molecular weight excluding hydrogens is 626 g/mol. The van der Waals surface area contributed by atoms with Crippen LogP contribution >= 0.6 is 0 Å². The average molecular weight is 669 g/mol. The number of rotatable bonds is 11. The van der Waals surface area contributed by atoms with Gasteiger partial charge in [-0.3, -0.25) is 19.4 Å². The molecule has 14 heteroatoms. The summed E-state index contributed by atoms with van der Waals surface area (Å²) in [6, 6.07) is 8.88. The second kappa shape index (κ2) is 15.9. The van der Waals surface area contributed by atoms with Crippen LogP contribution in [0, 0.1) is 23.2 Å². The molecular formula is C34H42F2N6O6. The maximum atomic E-state index is 13.7. The second-order valence-corrected chi connectivity index (χ2v) is 13.1. The summed E-state index contributed by atoms with van der Waals surface area (Å²) in [6.07, 6.45) is 4.95. The van der Waals surface area contributed by atoms with Crippen molar-refractivity contribution in [1.82, 2.24) is 25.8 Å². The van der Waals surface area contributed by atoms with Crippen molar-refractivity contribution in [2.24, 2.45) is 11.8 Å². The molecule has 48 heavy (non-hydrogen) atoms. The lowest BCUT2D eigenvalue weighted by molar-refractivity contribution is -0.131. The number of ether oxygens (including phenoxy) is 2. The van der Waals surface area contributed by atoms with E-state index in [1.165, 1.54) is 18.5 Å². The van der Waals surface area contributed by atoms with Gasteiger partial charge in [0.1, 0.15) is 24.0 Å². The number of hydrogen-bond acceptors (Lipinski definition) is 8. The number of carbonyl (C=O) groups excluding carboxylic acids is 4. The lowest BCUT2D eigenvalue weighted by atomic mass is 9.81. The molecule has 1 aromatic carbocycles. The molecule has 2 aromatic rings. The van der Waals surface area contributed by atoms with Crippen molar-refractivity contribution >= 4 is 23.8 Å². The van der Waals surface area contributed by atoms with E-state index >= 15 is 0 Å². The molecule has 1 saturated carbocycles. The number of nitriles is 1. The number of pyridine rings is 1. The Balaban J connectivity index is 1.19. The summed E-state index contributed by atoms with van der Waals surface area (Å²) in [4.78, 5) is 54.9. The fraction of sp³-hybridized carbons (Fsp3) is 0.529. The molecule has 4 rings (SSSR count). The molecule has 0 radical (unpaired) electrons. The van der Waals surface area contributed by atoms with Gasteiger partial charge in [-0.25, -0.2) is 13.6 Å². The molecule has 0 bridgehead atoms. The minimum Gasteiger partial charge on any atom is -0.492 e. The Hall–Kier alpha value is -4.80. The van der Waals surface area contributed by atoms with Gasteiger partial charge in [0.15, 0.2) is 0 Å². The first-order valence-electron chi connectivity index (χ1n) is 16.0. The molecule has 3 N–H and O–H groups in total. The summed E-state index contributed by atoms with van der Waals surface area (Å²) in [5.74, 6) is -3.73. The number of aromatic nitrogens is 1. The monoisotopic (exact) mass is 668 g/mol. The summed E-state index contributed by atoms with van der Waals surface area (Å²) in [5, 5.41) is 17.3. The predicted octanol–water partition coefficient (Wildman–Crippen LogP) is 4.06. The van der Waals surface area contributed by atoms with E-state index in [0.29, 0.717) is 35.9 Å². The molecule has 1 atom stereocenters. The average Bonchev–Trinajstić information content (AvgIpc) is 3.38. The van der Waals surface area contributed by atoms with Crippen molar-refractivity contribution < 1.29 is 37.4 Å². The molecule has 4 amide bonds. The Morgan fingerprint density at radius 3 is 2.42 bits per heavy atom. The van der Waals surface area contributed by atoms with Crippen LogP contribution in [0.25, 0.3) is 11.1 Å². The lowest BCUT2D eigenvalue weighted by Gasteiger charge is -2.28. The highest BCUT2D eigenvalue weighted by Gasteiger charge is 2.47. The van der Waals surface area contributed by atoms with Crippen molar-refractivity contribution in [3.05, 3.63) is 48.3 Å². The van der Waals surface area contributed by atoms with Gasteiger partial charge in [-0.1, -0.05) is 12.1 Å². The standard InChI is InChI=1S/C34H42F2N6O6/c1-33(2,3)48-32(46)41-18-22-4-6-24(7-5-22)30(44)39-14-15-47-26-10-8-23(9-11-26)28-19-38-13-12-27(28)31(45)40-20-29(43)42-21-34(35,36)16-25(42)17-37/h8-13,19,22,24-25H,4-7,14-16,18,20-21H2,1-3H3,(H,39,44)(H,40,45)(H,41,46)/t22?,24?,25-/m0/s1. The Labute approximate surface area is 278 Å². The summed E-state index contributed by atoms with van der Waals surface area (Å²) in [7, 11) is 0. The fourth-order valence-corrected chi connectivity index (χ4v) is 5.76. The molecule has 2 fully saturated rings. The van der Waals surface area contributed by atoms with Crippen LogP contribution in [-0.4, -0.2) is 84.0 Å². The second-order valence-electron chi connectivity index (χ2n) is 13.1. The molecule has 1 saturated heterocycles. The highest BCUT2D eigenvalue weighted by molar-refractivity contribution is 6.02. The van der Waals surface area contributed by atoms with Gasteiger partial charge in [-0.15, -0.1) is 0 Å². The van der Waals surface area contributed by atoms with E-state index in [1.807, 2.05) is 20.8 Å². The largest absolute Gasteiger partial charge is 0.492 e. The molecule has 1 aromatic heterocycles. The molecule has 2 aliphatic rings. The number of alkyl halides is 2. The van der Waals surface area contributed by atoms with Crippen molar-refractivity contribution in [2.75, 3.05) is 32.8 Å². The van der Waals surface area contributed by atoms with Gasteiger partial charge in [0.05, 0.1) is 31.3 Å². The molecule has 2 heterocycles. The molecule has 0 spiro atoms. The SMILES string of the molecule is CC(C)(C)OC(=O)NCC1CCC(C(=O)NCCOc2ccc(-c3cnccc3C(=O)NCC(=O)N3CC(F)(F)C[C@H]3C#N)cc2)CC1. The third-order valence-corrected chi connectivity index (χ3v) is 8.19. The van der Waals surface area contributed by atoms with Gasteiger partial charge < -0.3 is 30.3 Å². The van der Waals surface area contributed by atoms with Crippen LogP contribution in [-0.2, 0) is 14.3 Å².